The molecule has 0 saturated carbocycles. The summed E-state index contributed by atoms with van der Waals surface area (Å²) in [7, 11) is 0. The van der Waals surface area contributed by atoms with Crippen LogP contribution in [-0.4, -0.2) is 22.6 Å². The summed E-state index contributed by atoms with van der Waals surface area (Å²) in [6.45, 7) is 0.513. The molecule has 6 heteroatoms. The summed E-state index contributed by atoms with van der Waals surface area (Å²) in [6.07, 6.45) is 0.746. The molecule has 1 amide bonds. The fraction of sp³-hybridized carbons (Fsp3) is 0.154. The van der Waals surface area contributed by atoms with Gasteiger partial charge in [0.1, 0.15) is 0 Å². The summed E-state index contributed by atoms with van der Waals surface area (Å²) in [5, 5.41) is 10.1. The Hall–Kier alpha value is -1.65. The zero-order valence-corrected chi connectivity index (χ0v) is 11.4. The predicted molar refractivity (Wildman–Crippen MR) is 74.5 cm³/mol. The molecule has 1 aromatic carbocycles. The molecule has 0 radical (unpaired) electrons. The van der Waals surface area contributed by atoms with E-state index in [2.05, 4.69) is 15.5 Å². The molecule has 19 heavy (non-hydrogen) atoms. The maximum Gasteiger partial charge on any atom is 0.254 e. The summed E-state index contributed by atoms with van der Waals surface area (Å²) >= 11 is 11.5. The molecule has 0 bridgehead atoms. The number of hydrogen-bond donors (Lipinski definition) is 1. The quantitative estimate of drug-likeness (QED) is 0.944. The van der Waals surface area contributed by atoms with Crippen molar-refractivity contribution in [3.05, 3.63) is 57.8 Å². The van der Waals surface area contributed by atoms with Gasteiger partial charge in [-0.25, -0.2) is 0 Å². The summed E-state index contributed by atoms with van der Waals surface area (Å²) in [4.78, 5) is 11.9. The van der Waals surface area contributed by atoms with Crippen LogP contribution in [0.1, 0.15) is 15.9 Å². The van der Waals surface area contributed by atoms with Crippen LogP contribution in [0.15, 0.2) is 36.4 Å². The molecule has 0 saturated heterocycles. The highest BCUT2D eigenvalue weighted by atomic mass is 35.5. The van der Waals surface area contributed by atoms with Crippen LogP contribution in [0.3, 0.4) is 0 Å². The number of hydrogen-bond acceptors (Lipinski definition) is 3. The Morgan fingerprint density at radius 2 is 1.89 bits per heavy atom. The van der Waals surface area contributed by atoms with Gasteiger partial charge in [-0.1, -0.05) is 53.5 Å². The van der Waals surface area contributed by atoms with Crippen LogP contribution in [0.4, 0.5) is 0 Å². The molecule has 98 valence electrons. The average molecular weight is 296 g/mol. The van der Waals surface area contributed by atoms with Gasteiger partial charge in [-0.15, -0.1) is 10.2 Å². The van der Waals surface area contributed by atoms with Gasteiger partial charge in [-0.05, 0) is 18.1 Å². The van der Waals surface area contributed by atoms with Crippen LogP contribution in [-0.2, 0) is 6.42 Å². The molecule has 4 nitrogen and oxygen atoms in total. The zero-order chi connectivity index (χ0) is 13.7. The molecule has 0 aliphatic rings. The lowest BCUT2D eigenvalue weighted by molar-refractivity contribution is 0.0953. The first-order valence-corrected chi connectivity index (χ1v) is 6.43. The fourth-order valence-corrected chi connectivity index (χ4v) is 1.90. The number of carbonyl (C=O) groups is 1. The molecule has 1 heterocycles. The van der Waals surface area contributed by atoms with Gasteiger partial charge < -0.3 is 5.32 Å². The minimum atomic E-state index is -0.308. The van der Waals surface area contributed by atoms with E-state index in [1.54, 1.807) is 0 Å². The third-order valence-corrected chi connectivity index (χ3v) is 2.97. The van der Waals surface area contributed by atoms with Crippen molar-refractivity contribution < 1.29 is 4.79 Å². The number of amides is 1. The van der Waals surface area contributed by atoms with Crippen LogP contribution in [0.2, 0.25) is 10.3 Å². The summed E-state index contributed by atoms with van der Waals surface area (Å²) in [6, 6.07) is 11.3. The molecule has 0 spiro atoms. The predicted octanol–water partition coefficient (Wildman–Crippen LogP) is 2.76. The van der Waals surface area contributed by atoms with E-state index >= 15 is 0 Å². The summed E-state index contributed by atoms with van der Waals surface area (Å²) in [5.41, 5.74) is 1.38. The maximum absolute atomic E-state index is 11.9. The van der Waals surface area contributed by atoms with Crippen LogP contribution >= 0.6 is 23.2 Å². The van der Waals surface area contributed by atoms with Crippen LogP contribution < -0.4 is 5.32 Å². The molecule has 0 atom stereocenters. The Kier molecular flexibility index (Phi) is 4.71. The third kappa shape index (κ3) is 3.91. The van der Waals surface area contributed by atoms with Crippen molar-refractivity contribution in [2.45, 2.75) is 6.42 Å². The van der Waals surface area contributed by atoms with Crippen molar-refractivity contribution in [1.82, 2.24) is 15.5 Å². The Balaban J connectivity index is 1.93. The Bertz CT molecular complexity index is 575. The minimum absolute atomic E-state index is 0.0432. The van der Waals surface area contributed by atoms with Crippen LogP contribution in [0.25, 0.3) is 0 Å². The van der Waals surface area contributed by atoms with Crippen LogP contribution in [0, 0.1) is 0 Å². The lowest BCUT2D eigenvalue weighted by Gasteiger charge is -2.06. The fourth-order valence-electron chi connectivity index (χ4n) is 1.57. The van der Waals surface area contributed by atoms with Crippen molar-refractivity contribution in [3.63, 3.8) is 0 Å². The van der Waals surface area contributed by atoms with Gasteiger partial charge in [0, 0.05) is 6.54 Å². The van der Waals surface area contributed by atoms with Gasteiger partial charge in [0.15, 0.2) is 10.3 Å². The Morgan fingerprint density at radius 3 is 2.63 bits per heavy atom. The molecule has 2 rings (SSSR count). The highest BCUT2D eigenvalue weighted by Gasteiger charge is 2.12. The van der Waals surface area contributed by atoms with E-state index in [0.717, 1.165) is 12.0 Å². The second kappa shape index (κ2) is 6.50. The molecule has 0 aliphatic carbocycles. The SMILES string of the molecule is O=C(NCCc1ccccc1)c1cc(Cl)nnc1Cl. The molecule has 1 N–H and O–H groups in total. The monoisotopic (exact) mass is 295 g/mol. The topological polar surface area (TPSA) is 54.9 Å². The third-order valence-electron chi connectivity index (χ3n) is 2.51. The standard InChI is InChI=1S/C13H11Cl2N3O/c14-11-8-10(12(15)18-17-11)13(19)16-7-6-9-4-2-1-3-5-9/h1-5,8H,6-7H2,(H,16,19). The number of nitrogens with zero attached hydrogens (tertiary/aromatic N) is 2. The minimum Gasteiger partial charge on any atom is -0.352 e. The number of rotatable bonds is 4. The van der Waals surface area contributed by atoms with E-state index in [-0.39, 0.29) is 21.8 Å². The molecule has 2 aromatic rings. The van der Waals surface area contributed by atoms with Gasteiger partial charge in [0.25, 0.3) is 5.91 Å². The molecule has 0 fully saturated rings. The lowest BCUT2D eigenvalue weighted by atomic mass is 10.1. The first-order chi connectivity index (χ1) is 9.16. The first-order valence-electron chi connectivity index (χ1n) is 5.67. The van der Waals surface area contributed by atoms with Gasteiger partial charge in [0.2, 0.25) is 0 Å². The summed E-state index contributed by atoms with van der Waals surface area (Å²) < 4.78 is 0. The highest BCUT2D eigenvalue weighted by Crippen LogP contribution is 2.14. The van der Waals surface area contributed by atoms with Gasteiger partial charge in [-0.3, -0.25) is 4.79 Å². The number of carbonyl (C=O) groups excluding carboxylic acids is 1. The van der Waals surface area contributed by atoms with E-state index in [9.17, 15) is 4.79 Å². The Morgan fingerprint density at radius 1 is 1.16 bits per heavy atom. The largest absolute Gasteiger partial charge is 0.352 e. The first kappa shape index (κ1) is 13.8. The molecular formula is C13H11Cl2N3O. The van der Waals surface area contributed by atoms with E-state index in [0.29, 0.717) is 6.54 Å². The van der Waals surface area contributed by atoms with E-state index in [1.807, 2.05) is 30.3 Å². The lowest BCUT2D eigenvalue weighted by Crippen LogP contribution is -2.26. The number of nitrogens with one attached hydrogen (secondary N) is 1. The zero-order valence-electron chi connectivity index (χ0n) is 9.94. The number of aromatic nitrogens is 2. The van der Waals surface area contributed by atoms with Crippen molar-refractivity contribution in [2.75, 3.05) is 6.54 Å². The van der Waals surface area contributed by atoms with Crippen molar-refractivity contribution >= 4 is 29.1 Å². The highest BCUT2D eigenvalue weighted by molar-refractivity contribution is 6.34. The normalized spacial score (nSPS) is 10.2. The van der Waals surface area contributed by atoms with Crippen LogP contribution in [0.5, 0.6) is 0 Å². The van der Waals surface area contributed by atoms with Gasteiger partial charge >= 0.3 is 0 Å². The molecule has 1 aromatic heterocycles. The van der Waals surface area contributed by atoms with E-state index in [4.69, 9.17) is 23.2 Å². The van der Waals surface area contributed by atoms with Crippen molar-refractivity contribution in [2.24, 2.45) is 0 Å². The Labute approximate surface area is 120 Å². The van der Waals surface area contributed by atoms with Crippen molar-refractivity contribution in [1.29, 1.82) is 0 Å². The smallest absolute Gasteiger partial charge is 0.254 e. The maximum atomic E-state index is 11.9. The van der Waals surface area contributed by atoms with Gasteiger partial charge in [0.05, 0.1) is 5.56 Å². The second-order valence-electron chi connectivity index (χ2n) is 3.86. The van der Waals surface area contributed by atoms with E-state index < -0.39 is 0 Å². The summed E-state index contributed by atoms with van der Waals surface area (Å²) in [5.74, 6) is -0.308. The average Bonchev–Trinajstić information content (AvgIpc) is 2.42. The van der Waals surface area contributed by atoms with E-state index in [1.165, 1.54) is 6.07 Å². The number of benzene rings is 1. The number of halogens is 2. The van der Waals surface area contributed by atoms with Gasteiger partial charge in [-0.2, -0.15) is 0 Å². The molecular weight excluding hydrogens is 285 g/mol. The second-order valence-corrected chi connectivity index (χ2v) is 4.61. The van der Waals surface area contributed by atoms with Crippen molar-refractivity contribution in [3.8, 4) is 0 Å². The molecule has 0 aliphatic heterocycles. The molecule has 0 unspecified atom stereocenters.